The van der Waals surface area contributed by atoms with Gasteiger partial charge in [0.25, 0.3) is 0 Å². The summed E-state index contributed by atoms with van der Waals surface area (Å²) < 4.78 is 5.37. The van der Waals surface area contributed by atoms with Gasteiger partial charge in [-0.2, -0.15) is 0 Å². The van der Waals surface area contributed by atoms with Gasteiger partial charge in [0.15, 0.2) is 5.96 Å². The summed E-state index contributed by atoms with van der Waals surface area (Å²) in [7, 11) is 0. The highest BCUT2D eigenvalue weighted by Crippen LogP contribution is 2.16. The molecular weight excluding hydrogens is 439 g/mol. The molecule has 0 fully saturated rings. The molecule has 0 amide bonds. The second-order valence-corrected chi connectivity index (χ2v) is 6.83. The second kappa shape index (κ2) is 14.2. The van der Waals surface area contributed by atoms with Crippen molar-refractivity contribution < 1.29 is 4.74 Å². The third-order valence-electron chi connectivity index (χ3n) is 3.85. The molecule has 0 aliphatic rings. The Balaban J connectivity index is 0.00000625. The van der Waals surface area contributed by atoms with Crippen molar-refractivity contribution in [2.45, 2.75) is 52.6 Å². The Morgan fingerprint density at radius 2 is 1.85 bits per heavy atom. The van der Waals surface area contributed by atoms with Crippen LogP contribution in [0.1, 0.15) is 52.6 Å². The Hall–Kier alpha value is -0.860. The summed E-state index contributed by atoms with van der Waals surface area (Å²) in [5.41, 5.74) is 1.20. The fraction of sp³-hybridized carbons (Fsp3) is 0.650. The Morgan fingerprint density at radius 3 is 2.46 bits per heavy atom. The molecule has 6 heteroatoms. The molecule has 0 bridgehead atoms. The van der Waals surface area contributed by atoms with E-state index < -0.39 is 0 Å². The summed E-state index contributed by atoms with van der Waals surface area (Å²) >= 11 is 0. The molecular formula is C20H37IN4O. The highest BCUT2D eigenvalue weighted by molar-refractivity contribution is 14.0. The highest BCUT2D eigenvalue weighted by atomic mass is 127. The Bertz CT molecular complexity index is 494. The first-order valence-electron chi connectivity index (χ1n) is 9.41. The van der Waals surface area contributed by atoms with Gasteiger partial charge < -0.3 is 20.7 Å². The normalized spacial score (nSPS) is 13.0. The van der Waals surface area contributed by atoms with E-state index in [-0.39, 0.29) is 35.6 Å². The van der Waals surface area contributed by atoms with Crippen molar-refractivity contribution in [2.75, 3.05) is 32.8 Å². The van der Waals surface area contributed by atoms with Crippen molar-refractivity contribution in [3.63, 3.8) is 0 Å². The zero-order valence-electron chi connectivity index (χ0n) is 17.0. The molecule has 26 heavy (non-hydrogen) atoms. The quantitative estimate of drug-likeness (QED) is 0.197. The number of aliphatic imine (C=N–C) groups is 1. The van der Waals surface area contributed by atoms with Gasteiger partial charge in [-0.25, -0.2) is 0 Å². The first kappa shape index (κ1) is 25.1. The van der Waals surface area contributed by atoms with E-state index in [0.717, 1.165) is 38.7 Å². The van der Waals surface area contributed by atoms with E-state index in [0.29, 0.717) is 6.54 Å². The van der Waals surface area contributed by atoms with Gasteiger partial charge >= 0.3 is 0 Å². The zero-order chi connectivity index (χ0) is 18.5. The van der Waals surface area contributed by atoms with Gasteiger partial charge in [-0.1, -0.05) is 30.3 Å². The highest BCUT2D eigenvalue weighted by Gasteiger charge is 2.20. The van der Waals surface area contributed by atoms with Crippen molar-refractivity contribution in [2.24, 2.45) is 4.99 Å². The molecule has 1 atom stereocenters. The van der Waals surface area contributed by atoms with Crippen molar-refractivity contribution in [3.8, 4) is 0 Å². The summed E-state index contributed by atoms with van der Waals surface area (Å²) in [6.07, 6.45) is 0.977. The third kappa shape index (κ3) is 11.0. The smallest absolute Gasteiger partial charge is 0.191 e. The van der Waals surface area contributed by atoms with Crippen LogP contribution in [0.2, 0.25) is 0 Å². The molecule has 0 spiro atoms. The van der Waals surface area contributed by atoms with Crippen LogP contribution in [0.4, 0.5) is 0 Å². The number of benzene rings is 1. The van der Waals surface area contributed by atoms with Crippen LogP contribution in [0.5, 0.6) is 0 Å². The van der Waals surface area contributed by atoms with Gasteiger partial charge in [0.05, 0.1) is 6.54 Å². The van der Waals surface area contributed by atoms with Gasteiger partial charge in [-0.05, 0) is 46.6 Å². The van der Waals surface area contributed by atoms with E-state index in [4.69, 9.17) is 9.73 Å². The molecule has 0 aliphatic carbocycles. The van der Waals surface area contributed by atoms with E-state index in [1.165, 1.54) is 5.56 Å². The van der Waals surface area contributed by atoms with Gasteiger partial charge in [0.1, 0.15) is 0 Å². The molecule has 1 rings (SSSR count). The lowest BCUT2D eigenvalue weighted by atomic mass is 10.0. The molecule has 0 saturated carbocycles. The maximum atomic E-state index is 5.37. The fourth-order valence-electron chi connectivity index (χ4n) is 2.60. The molecule has 3 N–H and O–H groups in total. The average molecular weight is 476 g/mol. The molecule has 0 saturated heterocycles. The lowest BCUT2D eigenvalue weighted by Crippen LogP contribution is -2.45. The summed E-state index contributed by atoms with van der Waals surface area (Å²) in [4.78, 5) is 4.74. The van der Waals surface area contributed by atoms with Crippen LogP contribution >= 0.6 is 24.0 Å². The summed E-state index contributed by atoms with van der Waals surface area (Å²) in [5, 5.41) is 10.3. The van der Waals surface area contributed by atoms with Crippen molar-refractivity contribution >= 4 is 29.9 Å². The first-order chi connectivity index (χ1) is 12.0. The standard InChI is InChI=1S/C20H36N4O.HI/c1-6-21-19(22-14-11-15-25-7-2)23-16-20(4,5)24-17(3)18-12-9-8-10-13-18;/h8-10,12-13,17,24H,6-7,11,14-16H2,1-5H3,(H2,21,22,23);1H. The predicted molar refractivity (Wildman–Crippen MR) is 123 cm³/mol. The van der Waals surface area contributed by atoms with Crippen molar-refractivity contribution in [1.29, 1.82) is 0 Å². The lowest BCUT2D eigenvalue weighted by Gasteiger charge is -2.29. The average Bonchev–Trinajstić information content (AvgIpc) is 2.60. The van der Waals surface area contributed by atoms with Crippen LogP contribution in [0.25, 0.3) is 0 Å². The molecule has 0 aromatic heterocycles. The number of hydrogen-bond acceptors (Lipinski definition) is 3. The first-order valence-corrected chi connectivity index (χ1v) is 9.41. The Kier molecular flexibility index (Phi) is 13.8. The summed E-state index contributed by atoms with van der Waals surface area (Å²) in [6.45, 7) is 14.6. The van der Waals surface area contributed by atoms with Gasteiger partial charge in [-0.15, -0.1) is 24.0 Å². The molecule has 0 radical (unpaired) electrons. The number of ether oxygens (including phenoxy) is 1. The van der Waals surface area contributed by atoms with Crippen LogP contribution in [0, 0.1) is 0 Å². The third-order valence-corrected chi connectivity index (χ3v) is 3.85. The number of halogens is 1. The summed E-state index contributed by atoms with van der Waals surface area (Å²) in [5.74, 6) is 0.862. The predicted octanol–water partition coefficient (Wildman–Crippen LogP) is 3.72. The Morgan fingerprint density at radius 1 is 1.15 bits per heavy atom. The molecule has 1 unspecified atom stereocenters. The van der Waals surface area contributed by atoms with Crippen molar-refractivity contribution in [3.05, 3.63) is 35.9 Å². The minimum atomic E-state index is -0.0943. The molecule has 0 aliphatic heterocycles. The number of nitrogens with one attached hydrogen (secondary N) is 3. The number of nitrogens with zero attached hydrogens (tertiary/aromatic N) is 1. The monoisotopic (exact) mass is 476 g/mol. The van der Waals surface area contributed by atoms with Crippen LogP contribution in [0.15, 0.2) is 35.3 Å². The van der Waals surface area contributed by atoms with E-state index in [1.54, 1.807) is 0 Å². The van der Waals surface area contributed by atoms with E-state index in [9.17, 15) is 0 Å². The lowest BCUT2D eigenvalue weighted by molar-refractivity contribution is 0.145. The molecule has 0 heterocycles. The van der Waals surface area contributed by atoms with Crippen LogP contribution in [-0.4, -0.2) is 44.3 Å². The van der Waals surface area contributed by atoms with E-state index in [2.05, 4.69) is 67.9 Å². The van der Waals surface area contributed by atoms with E-state index >= 15 is 0 Å². The minimum Gasteiger partial charge on any atom is -0.382 e. The van der Waals surface area contributed by atoms with Gasteiger partial charge in [-0.3, -0.25) is 4.99 Å². The number of rotatable bonds is 11. The molecule has 1 aromatic carbocycles. The summed E-state index contributed by atoms with van der Waals surface area (Å²) in [6, 6.07) is 10.8. The zero-order valence-corrected chi connectivity index (χ0v) is 19.3. The Labute approximate surface area is 176 Å². The van der Waals surface area contributed by atoms with Crippen LogP contribution < -0.4 is 16.0 Å². The number of hydrogen-bond donors (Lipinski definition) is 3. The van der Waals surface area contributed by atoms with Crippen molar-refractivity contribution in [1.82, 2.24) is 16.0 Å². The van der Waals surface area contributed by atoms with Gasteiger partial charge in [0.2, 0.25) is 0 Å². The maximum absolute atomic E-state index is 5.37. The minimum absolute atomic E-state index is 0. The van der Waals surface area contributed by atoms with Crippen LogP contribution in [-0.2, 0) is 4.74 Å². The second-order valence-electron chi connectivity index (χ2n) is 6.83. The maximum Gasteiger partial charge on any atom is 0.191 e. The topological polar surface area (TPSA) is 57.7 Å². The molecule has 5 nitrogen and oxygen atoms in total. The fourth-order valence-corrected chi connectivity index (χ4v) is 2.60. The number of guanidine groups is 1. The largest absolute Gasteiger partial charge is 0.382 e. The molecule has 1 aromatic rings. The van der Waals surface area contributed by atoms with Gasteiger partial charge in [0, 0.05) is 37.9 Å². The SMILES string of the molecule is CCNC(=NCC(C)(C)NC(C)c1ccccc1)NCCCOCC.I. The molecule has 150 valence electrons. The van der Waals surface area contributed by atoms with Crippen LogP contribution in [0.3, 0.4) is 0 Å². The van der Waals surface area contributed by atoms with E-state index in [1.807, 2.05) is 13.0 Å².